The zero-order valence-electron chi connectivity index (χ0n) is 21.2. The fourth-order valence-electron chi connectivity index (χ4n) is 4.32. The summed E-state index contributed by atoms with van der Waals surface area (Å²) >= 11 is 0. The average Bonchev–Trinajstić information content (AvgIpc) is 3.24. The maximum atomic E-state index is 12.7. The van der Waals surface area contributed by atoms with Crippen molar-refractivity contribution in [2.75, 3.05) is 13.7 Å². The van der Waals surface area contributed by atoms with Gasteiger partial charge >= 0.3 is 5.69 Å². The lowest BCUT2D eigenvalue weighted by molar-refractivity contribution is -0.241. The Morgan fingerprint density at radius 2 is 2.00 bits per heavy atom. The van der Waals surface area contributed by atoms with E-state index in [2.05, 4.69) is 10.3 Å². The molecule has 2 aromatic heterocycles. The van der Waals surface area contributed by atoms with E-state index in [1.54, 1.807) is 24.4 Å². The van der Waals surface area contributed by atoms with Crippen LogP contribution in [-0.2, 0) is 35.0 Å². The van der Waals surface area contributed by atoms with Crippen LogP contribution < -0.4 is 22.3 Å². The smallest absolute Gasteiger partial charge is 0.330 e. The first-order valence-corrected chi connectivity index (χ1v) is 12.2. The van der Waals surface area contributed by atoms with Crippen molar-refractivity contribution in [3.8, 4) is 0 Å². The fourth-order valence-corrected chi connectivity index (χ4v) is 4.32. The molecular formula is C24H29N5O11. The van der Waals surface area contributed by atoms with Gasteiger partial charge in [0, 0.05) is 44.2 Å². The number of ether oxygens (including phenoxy) is 4. The van der Waals surface area contributed by atoms with Gasteiger partial charge in [0.1, 0.15) is 30.5 Å². The van der Waals surface area contributed by atoms with Gasteiger partial charge in [0.15, 0.2) is 18.1 Å². The Hall–Kier alpha value is -3.93. The number of carbonyl (C=O) groups excluding carboxylic acids is 2. The molecule has 2 aliphatic rings. The van der Waals surface area contributed by atoms with E-state index < -0.39 is 72.2 Å². The molecule has 40 heavy (non-hydrogen) atoms. The number of aromatic amines is 1. The summed E-state index contributed by atoms with van der Waals surface area (Å²) in [6.45, 7) is 0.180. The summed E-state index contributed by atoms with van der Waals surface area (Å²) in [4.78, 5) is 54.9. The number of nitrogens with one attached hydrogen (secondary N) is 2. The molecule has 8 atom stereocenters. The summed E-state index contributed by atoms with van der Waals surface area (Å²) in [6, 6.07) is 6.36. The van der Waals surface area contributed by atoms with Crippen LogP contribution in [0.5, 0.6) is 0 Å². The highest BCUT2D eigenvalue weighted by Gasteiger charge is 2.52. The van der Waals surface area contributed by atoms with Gasteiger partial charge in [-0.1, -0.05) is 6.07 Å². The Kier molecular flexibility index (Phi) is 9.08. The van der Waals surface area contributed by atoms with Crippen LogP contribution in [0, 0.1) is 0 Å². The summed E-state index contributed by atoms with van der Waals surface area (Å²) < 4.78 is 22.9. The lowest BCUT2D eigenvalue weighted by Gasteiger charge is -2.35. The van der Waals surface area contributed by atoms with Gasteiger partial charge in [0.25, 0.3) is 11.5 Å². The molecule has 2 aliphatic heterocycles. The topological polar surface area (TPSA) is 238 Å². The van der Waals surface area contributed by atoms with Gasteiger partial charge in [-0.3, -0.25) is 28.9 Å². The van der Waals surface area contributed by atoms with E-state index in [9.17, 15) is 34.5 Å². The maximum Gasteiger partial charge on any atom is 0.330 e. The van der Waals surface area contributed by atoms with Gasteiger partial charge in [-0.2, -0.15) is 0 Å². The molecule has 1 saturated heterocycles. The summed E-state index contributed by atoms with van der Waals surface area (Å²) in [5.41, 5.74) is 4.68. The van der Waals surface area contributed by atoms with Crippen molar-refractivity contribution in [3.63, 3.8) is 0 Å². The number of aromatic nitrogens is 3. The normalized spacial score (nSPS) is 28.8. The van der Waals surface area contributed by atoms with Crippen molar-refractivity contribution in [1.82, 2.24) is 19.9 Å². The standard InChI is InChI=1S/C24H29N5O11/c1-37-17-16(33)22(29-9-6-14(31)28-24(29)36)39-18(17)19(20(25)34)40-23-15(32)12(30)10-13(38-23)21(35)27-8-5-11-4-2-3-7-26-11/h2-4,6-7,9-10,12,15-19,22-23,30,32-33H,5,8H2,1H3,(H2,25,34)(H,27,35)(H,28,31,36)/t12-,15-,16+,17-,18-,19+,22+,23+/m0/s1. The lowest BCUT2D eigenvalue weighted by Crippen LogP contribution is -2.54. The first-order valence-electron chi connectivity index (χ1n) is 12.2. The van der Waals surface area contributed by atoms with Crippen molar-refractivity contribution in [1.29, 1.82) is 0 Å². The number of rotatable bonds is 10. The van der Waals surface area contributed by atoms with Gasteiger partial charge < -0.3 is 45.3 Å². The quantitative estimate of drug-likeness (QED) is 0.164. The number of pyridine rings is 1. The number of H-pyrrole nitrogens is 1. The van der Waals surface area contributed by atoms with Crippen LogP contribution in [0.2, 0.25) is 0 Å². The van der Waals surface area contributed by atoms with E-state index in [-0.39, 0.29) is 12.3 Å². The fraction of sp³-hybridized carbons (Fsp3) is 0.458. The predicted molar refractivity (Wildman–Crippen MR) is 132 cm³/mol. The van der Waals surface area contributed by atoms with Crippen molar-refractivity contribution in [2.45, 2.75) is 55.6 Å². The van der Waals surface area contributed by atoms with Gasteiger partial charge in [-0.05, 0) is 18.2 Å². The minimum Gasteiger partial charge on any atom is -0.456 e. The lowest BCUT2D eigenvalue weighted by atomic mass is 10.0. The van der Waals surface area contributed by atoms with Crippen LogP contribution in [0.25, 0.3) is 0 Å². The molecule has 4 rings (SSSR count). The third-order valence-corrected chi connectivity index (χ3v) is 6.32. The Morgan fingerprint density at radius 3 is 2.65 bits per heavy atom. The van der Waals surface area contributed by atoms with Crippen LogP contribution in [0.1, 0.15) is 11.9 Å². The molecule has 0 radical (unpaired) electrons. The number of primary amides is 1. The molecule has 0 aliphatic carbocycles. The Morgan fingerprint density at radius 1 is 1.23 bits per heavy atom. The van der Waals surface area contributed by atoms with E-state index in [1.165, 1.54) is 7.11 Å². The molecule has 2 aromatic rings. The molecule has 0 unspecified atom stereocenters. The van der Waals surface area contributed by atoms with E-state index in [4.69, 9.17) is 24.7 Å². The van der Waals surface area contributed by atoms with Crippen molar-refractivity contribution in [2.24, 2.45) is 5.73 Å². The van der Waals surface area contributed by atoms with Gasteiger partial charge in [-0.25, -0.2) is 4.79 Å². The molecule has 7 N–H and O–H groups in total. The SMILES string of the molecule is CO[C@H]1[C@@H](O)[C@H](n2ccc(=O)[nH]c2=O)O[C@@H]1[C@@H](O[C@H]1OC(C(=O)NCCc2ccccn2)=C[C@H](O)[C@@H]1O)C(N)=O. The summed E-state index contributed by atoms with van der Waals surface area (Å²) in [5.74, 6) is -2.25. The number of nitrogens with zero attached hydrogens (tertiary/aromatic N) is 2. The zero-order valence-corrected chi connectivity index (χ0v) is 21.2. The molecule has 216 valence electrons. The van der Waals surface area contributed by atoms with Crippen molar-refractivity contribution >= 4 is 11.8 Å². The third-order valence-electron chi connectivity index (χ3n) is 6.32. The van der Waals surface area contributed by atoms with Gasteiger partial charge in [0.2, 0.25) is 12.2 Å². The Balaban J connectivity index is 1.48. The van der Waals surface area contributed by atoms with Crippen molar-refractivity contribution < 1.29 is 43.9 Å². The molecule has 16 nitrogen and oxygen atoms in total. The van der Waals surface area contributed by atoms with Gasteiger partial charge in [0.05, 0.1) is 0 Å². The van der Waals surface area contributed by atoms with Crippen LogP contribution in [0.3, 0.4) is 0 Å². The largest absolute Gasteiger partial charge is 0.456 e. The van der Waals surface area contributed by atoms with Crippen LogP contribution in [0.4, 0.5) is 0 Å². The molecule has 0 spiro atoms. The van der Waals surface area contributed by atoms with Crippen LogP contribution in [-0.4, -0.2) is 98.2 Å². The molecule has 0 bridgehead atoms. The minimum atomic E-state index is -1.78. The number of hydrogen-bond acceptors (Lipinski definition) is 12. The number of aliphatic hydroxyl groups is 3. The molecule has 0 saturated carbocycles. The molecule has 16 heteroatoms. The predicted octanol–water partition coefficient (Wildman–Crippen LogP) is -3.60. The van der Waals surface area contributed by atoms with Crippen molar-refractivity contribution in [3.05, 3.63) is 75.0 Å². The zero-order chi connectivity index (χ0) is 29.0. The molecule has 0 aromatic carbocycles. The molecule has 4 heterocycles. The maximum absolute atomic E-state index is 12.7. The van der Waals surface area contributed by atoms with Crippen LogP contribution >= 0.6 is 0 Å². The highest BCUT2D eigenvalue weighted by molar-refractivity contribution is 5.91. The Bertz CT molecular complexity index is 1350. The minimum absolute atomic E-state index is 0.180. The van der Waals surface area contributed by atoms with Gasteiger partial charge in [-0.15, -0.1) is 0 Å². The number of hydrogen-bond donors (Lipinski definition) is 6. The second kappa shape index (κ2) is 12.5. The first kappa shape index (κ1) is 29.1. The molecule has 1 fully saturated rings. The number of amides is 2. The third kappa shape index (κ3) is 6.27. The van der Waals surface area contributed by atoms with E-state index in [0.717, 1.165) is 28.6 Å². The summed E-state index contributed by atoms with van der Waals surface area (Å²) in [5, 5.41) is 34.2. The second-order valence-electron chi connectivity index (χ2n) is 8.98. The van der Waals surface area contributed by atoms with Crippen LogP contribution in [0.15, 0.2) is 58.1 Å². The first-order chi connectivity index (χ1) is 19.1. The number of aliphatic hydroxyl groups excluding tert-OH is 3. The average molecular weight is 564 g/mol. The monoisotopic (exact) mass is 563 g/mol. The summed E-state index contributed by atoms with van der Waals surface area (Å²) in [7, 11) is 1.20. The molecular weight excluding hydrogens is 534 g/mol. The Labute approximate surface area is 226 Å². The number of nitrogens with two attached hydrogens (primary N) is 1. The van der Waals surface area contributed by atoms with E-state index in [0.29, 0.717) is 6.42 Å². The number of methoxy groups -OCH3 is 1. The van der Waals surface area contributed by atoms with E-state index in [1.807, 2.05) is 4.98 Å². The molecule has 2 amide bonds. The highest BCUT2D eigenvalue weighted by atomic mass is 16.7. The number of carbonyl (C=O) groups is 2. The van der Waals surface area contributed by atoms with E-state index >= 15 is 0 Å². The summed E-state index contributed by atoms with van der Waals surface area (Å²) in [6.07, 6.45) is -8.52. The second-order valence-corrected chi connectivity index (χ2v) is 8.98. The highest BCUT2D eigenvalue weighted by Crippen LogP contribution is 2.34.